The van der Waals surface area contributed by atoms with Gasteiger partial charge in [-0.2, -0.15) is 13.2 Å². The number of fused-ring (bicyclic) bond motifs is 1. The second-order valence-electron chi connectivity index (χ2n) is 9.85. The lowest BCUT2D eigenvalue weighted by Crippen LogP contribution is -2.59. The normalized spacial score (nSPS) is 28.1. The summed E-state index contributed by atoms with van der Waals surface area (Å²) in [5.41, 5.74) is 3.34. The van der Waals surface area contributed by atoms with E-state index >= 15 is 0 Å². The van der Waals surface area contributed by atoms with Gasteiger partial charge >= 0.3 is 18.1 Å². The van der Waals surface area contributed by atoms with Crippen LogP contribution in [0.15, 0.2) is 18.2 Å². The van der Waals surface area contributed by atoms with Crippen molar-refractivity contribution in [3.63, 3.8) is 0 Å². The number of esters is 1. The van der Waals surface area contributed by atoms with Crippen molar-refractivity contribution in [2.75, 3.05) is 13.3 Å². The first kappa shape index (κ1) is 24.8. The summed E-state index contributed by atoms with van der Waals surface area (Å²) < 4.78 is 43.0. The van der Waals surface area contributed by atoms with Gasteiger partial charge < -0.3 is 19.9 Å². The van der Waals surface area contributed by atoms with Gasteiger partial charge in [-0.15, -0.1) is 0 Å². The zero-order chi connectivity index (χ0) is 24.3. The summed E-state index contributed by atoms with van der Waals surface area (Å²) in [6.45, 7) is 1.17. The number of aliphatic carboxylic acids is 1. The van der Waals surface area contributed by atoms with Crippen molar-refractivity contribution >= 4 is 11.9 Å². The average molecular weight is 484 g/mol. The molecule has 0 spiro atoms. The molecule has 188 valence electrons. The summed E-state index contributed by atoms with van der Waals surface area (Å²) in [4.78, 5) is 21.0. The quantitative estimate of drug-likeness (QED) is 0.476. The molecule has 1 aromatic rings. The molecule has 3 atom stereocenters. The van der Waals surface area contributed by atoms with Crippen LogP contribution < -0.4 is 10.1 Å². The van der Waals surface area contributed by atoms with Crippen LogP contribution in [0.5, 0.6) is 5.75 Å². The van der Waals surface area contributed by atoms with Gasteiger partial charge in [-0.05, 0) is 74.2 Å². The second kappa shape index (κ2) is 10.1. The number of rotatable bonds is 4. The zero-order valence-electron chi connectivity index (χ0n) is 19.2. The topological polar surface area (TPSA) is 84.9 Å². The number of halogens is 3. The standard InChI is InChI=1S/C23H31NO3.C2HF3O2/c25-22(16-5-1-2-6-16)27-15-26-18-9-8-17-13-21-19-7-3-4-10-23(19,11-12-24-21)20(17)14-18;3-2(4,5)1(6)7/h8-9,14,16,19,21,24H,1-7,10-13,15H2;(H,6,7)/t19-,21-,23+;/m1./s1. The van der Waals surface area contributed by atoms with E-state index in [9.17, 15) is 18.0 Å². The molecule has 0 unspecified atom stereocenters. The maximum Gasteiger partial charge on any atom is 0.490 e. The second-order valence-corrected chi connectivity index (χ2v) is 9.85. The lowest BCUT2D eigenvalue weighted by Gasteiger charge is -2.56. The Labute approximate surface area is 197 Å². The third-order valence-electron chi connectivity index (χ3n) is 7.98. The number of carbonyl (C=O) groups is 2. The summed E-state index contributed by atoms with van der Waals surface area (Å²) in [6.07, 6.45) is 6.88. The van der Waals surface area contributed by atoms with E-state index < -0.39 is 12.1 Å². The van der Waals surface area contributed by atoms with Gasteiger partial charge in [0.2, 0.25) is 6.79 Å². The largest absolute Gasteiger partial charge is 0.490 e. The molecule has 0 radical (unpaired) electrons. The van der Waals surface area contributed by atoms with E-state index in [1.165, 1.54) is 43.2 Å². The predicted molar refractivity (Wildman–Crippen MR) is 117 cm³/mol. The molecular weight excluding hydrogens is 451 g/mol. The summed E-state index contributed by atoms with van der Waals surface area (Å²) in [5, 5.41) is 10.9. The molecule has 3 aliphatic carbocycles. The molecule has 34 heavy (non-hydrogen) atoms. The molecule has 3 fully saturated rings. The fraction of sp³-hybridized carbons (Fsp3) is 0.680. The maximum absolute atomic E-state index is 12.1. The Morgan fingerprint density at radius 2 is 1.79 bits per heavy atom. The number of carboxylic acids is 1. The lowest BCUT2D eigenvalue weighted by molar-refractivity contribution is -0.192. The number of nitrogens with one attached hydrogen (secondary N) is 1. The van der Waals surface area contributed by atoms with Gasteiger partial charge in [-0.1, -0.05) is 31.7 Å². The number of carbonyl (C=O) groups excluding carboxylic acids is 1. The minimum atomic E-state index is -5.08. The molecule has 1 saturated heterocycles. The molecule has 6 nitrogen and oxygen atoms in total. The molecule has 0 aromatic heterocycles. The highest BCUT2D eigenvalue weighted by molar-refractivity contribution is 5.73. The zero-order valence-corrected chi connectivity index (χ0v) is 19.2. The van der Waals surface area contributed by atoms with Crippen LogP contribution in [-0.2, 0) is 26.2 Å². The molecule has 2 saturated carbocycles. The van der Waals surface area contributed by atoms with Crippen molar-refractivity contribution in [2.24, 2.45) is 11.8 Å². The Kier molecular flexibility index (Phi) is 7.40. The molecule has 1 aliphatic heterocycles. The summed E-state index contributed by atoms with van der Waals surface area (Å²) in [6, 6.07) is 7.21. The van der Waals surface area contributed by atoms with Gasteiger partial charge in [0.15, 0.2) is 0 Å². The van der Waals surface area contributed by atoms with Crippen molar-refractivity contribution in [1.29, 1.82) is 0 Å². The van der Waals surface area contributed by atoms with E-state index in [-0.39, 0.29) is 18.7 Å². The number of ether oxygens (including phenoxy) is 2. The number of hydrogen-bond acceptors (Lipinski definition) is 5. The maximum atomic E-state index is 12.1. The minimum absolute atomic E-state index is 0.0364. The molecule has 0 amide bonds. The smallest absolute Gasteiger partial charge is 0.475 e. The van der Waals surface area contributed by atoms with Crippen LogP contribution in [0.4, 0.5) is 13.2 Å². The molecule has 2 N–H and O–H groups in total. The summed E-state index contributed by atoms with van der Waals surface area (Å²) in [7, 11) is 0. The molecule has 5 rings (SSSR count). The van der Waals surface area contributed by atoms with Crippen molar-refractivity contribution in [2.45, 2.75) is 81.8 Å². The van der Waals surface area contributed by atoms with Crippen LogP contribution in [0.25, 0.3) is 0 Å². The van der Waals surface area contributed by atoms with Crippen LogP contribution in [0, 0.1) is 11.8 Å². The molecular formula is C25H32F3NO5. The third kappa shape index (κ3) is 5.19. The summed E-state index contributed by atoms with van der Waals surface area (Å²) in [5.74, 6) is -1.14. The monoisotopic (exact) mass is 483 g/mol. The first-order chi connectivity index (χ1) is 16.2. The van der Waals surface area contributed by atoms with Crippen molar-refractivity contribution in [1.82, 2.24) is 5.32 Å². The highest BCUT2D eigenvalue weighted by Crippen LogP contribution is 2.54. The van der Waals surface area contributed by atoms with Gasteiger partial charge in [-0.3, -0.25) is 4.79 Å². The Hall–Kier alpha value is -2.29. The number of alkyl halides is 3. The van der Waals surface area contributed by atoms with Gasteiger partial charge in [0, 0.05) is 11.5 Å². The average Bonchev–Trinajstić information content (AvgIpc) is 3.34. The fourth-order valence-corrected chi connectivity index (χ4v) is 6.43. The highest BCUT2D eigenvalue weighted by atomic mass is 19.4. The van der Waals surface area contributed by atoms with E-state index in [1.807, 2.05) is 0 Å². The van der Waals surface area contributed by atoms with Crippen LogP contribution in [0.2, 0.25) is 0 Å². The number of carboxylic acid groups (broad SMARTS) is 1. The Morgan fingerprint density at radius 3 is 2.50 bits per heavy atom. The predicted octanol–water partition coefficient (Wildman–Crippen LogP) is 4.74. The number of piperidine rings is 1. The van der Waals surface area contributed by atoms with Crippen LogP contribution in [0.1, 0.15) is 68.9 Å². The van der Waals surface area contributed by atoms with E-state index in [4.69, 9.17) is 19.4 Å². The SMILES string of the molecule is O=C(O)C(F)(F)F.O=C(OCOc1ccc2c(c1)[C@]13CCCC[C@@H]1[C@@H](C2)NCC3)C1CCCC1. The van der Waals surface area contributed by atoms with Crippen molar-refractivity contribution < 1.29 is 37.3 Å². The summed E-state index contributed by atoms with van der Waals surface area (Å²) >= 11 is 0. The molecule has 9 heteroatoms. The van der Waals surface area contributed by atoms with Crippen molar-refractivity contribution in [3.05, 3.63) is 29.3 Å². The molecule has 4 aliphatic rings. The van der Waals surface area contributed by atoms with E-state index in [1.54, 1.807) is 0 Å². The van der Waals surface area contributed by atoms with Crippen LogP contribution in [-0.4, -0.2) is 42.6 Å². The Balaban J connectivity index is 0.000000344. The van der Waals surface area contributed by atoms with Gasteiger partial charge in [-0.25, -0.2) is 4.79 Å². The molecule has 1 heterocycles. The molecule has 1 aromatic carbocycles. The lowest BCUT2D eigenvalue weighted by atomic mass is 9.53. The van der Waals surface area contributed by atoms with E-state index in [0.717, 1.165) is 50.3 Å². The first-order valence-corrected chi connectivity index (χ1v) is 12.2. The van der Waals surface area contributed by atoms with Crippen LogP contribution in [0.3, 0.4) is 0 Å². The Morgan fingerprint density at radius 1 is 1.09 bits per heavy atom. The molecule has 2 bridgehead atoms. The van der Waals surface area contributed by atoms with Gasteiger partial charge in [0.05, 0.1) is 5.92 Å². The van der Waals surface area contributed by atoms with Crippen molar-refractivity contribution in [3.8, 4) is 5.75 Å². The highest BCUT2D eigenvalue weighted by Gasteiger charge is 2.51. The first-order valence-electron chi connectivity index (χ1n) is 12.2. The Bertz CT molecular complexity index is 895. The third-order valence-corrected chi connectivity index (χ3v) is 7.98. The van der Waals surface area contributed by atoms with Crippen LogP contribution >= 0.6 is 0 Å². The van der Waals surface area contributed by atoms with E-state index in [2.05, 4.69) is 23.5 Å². The minimum Gasteiger partial charge on any atom is -0.475 e. The van der Waals surface area contributed by atoms with Gasteiger partial charge in [0.1, 0.15) is 5.75 Å². The fourth-order valence-electron chi connectivity index (χ4n) is 6.43. The number of hydrogen-bond donors (Lipinski definition) is 2. The number of benzene rings is 1. The van der Waals surface area contributed by atoms with E-state index in [0.29, 0.717) is 11.5 Å². The van der Waals surface area contributed by atoms with Gasteiger partial charge in [0.25, 0.3) is 0 Å².